The summed E-state index contributed by atoms with van der Waals surface area (Å²) in [6.45, 7) is 1.64. The fourth-order valence-corrected chi connectivity index (χ4v) is 9.90. The summed E-state index contributed by atoms with van der Waals surface area (Å²) in [5, 5.41) is 51.7. The number of carbonyl (C=O) groups is 12. The van der Waals surface area contributed by atoms with Gasteiger partial charge < -0.3 is 95.2 Å². The van der Waals surface area contributed by atoms with Crippen LogP contribution < -0.4 is 65.1 Å². The van der Waals surface area contributed by atoms with Gasteiger partial charge in [-0.2, -0.15) is 13.2 Å². The second-order valence-corrected chi connectivity index (χ2v) is 22.1. The number of hydrogen-bond acceptors (Lipinski definition) is 15. The summed E-state index contributed by atoms with van der Waals surface area (Å²) in [5.74, 6) is -11.5. The first-order valence-corrected chi connectivity index (χ1v) is 29.2. The number of guanidine groups is 1. The Morgan fingerprint density at radius 3 is 1.91 bits per heavy atom. The molecule has 2 saturated heterocycles. The number of nitrogens with zero attached hydrogens (tertiary/aromatic N) is 2. The molecule has 2 aromatic heterocycles. The highest BCUT2D eigenvalue weighted by Crippen LogP contribution is 2.22. The van der Waals surface area contributed by atoms with Gasteiger partial charge in [0.2, 0.25) is 65.0 Å². The van der Waals surface area contributed by atoms with Crippen LogP contribution in [0, 0.1) is 5.92 Å². The number of nitrogens with one attached hydrogen (secondary N) is 11. The number of phenolic OH excluding ortho intramolecular Hbond substituents is 1. The number of benzene rings is 2. The number of aromatic hydroxyl groups is 1. The lowest BCUT2D eigenvalue weighted by atomic mass is 10.0. The number of carbonyl (C=O) groups excluding carboxylic acids is 11. The van der Waals surface area contributed by atoms with Gasteiger partial charge in [-0.15, -0.1) is 0 Å². The SMILES string of the molecule is CC(C)C[C@H](NC(=O)CNC(=O)[C@H](Cc1ccc(O)cc1)NC(=O)[C@H](CO)NC(=O)[C@H](Cc1c[nH]c2ccccc12)NC(=O)[C@@H](Cc1cc[nH]c1)NC(=O)[C@@H]1CCC(=O)N1)C(=O)N[C@@H](CCCN=C(N)N)C(=O)N1CCC[C@H]1C(=O)NCC(N)=O.O=C(O)C(F)(F)F. The molecule has 2 aliphatic rings. The van der Waals surface area contributed by atoms with Gasteiger partial charge in [-0.05, 0) is 85.4 Å². The molecular formula is C58H77F3N16O15. The number of halogens is 3. The number of aliphatic hydroxyl groups excluding tert-OH is 1. The molecule has 4 heterocycles. The molecule has 20 N–H and O–H groups in total. The van der Waals surface area contributed by atoms with Gasteiger partial charge >= 0.3 is 12.1 Å². The number of carboxylic acid groups (broad SMARTS) is 1. The fourth-order valence-electron chi connectivity index (χ4n) is 9.90. The first-order chi connectivity index (χ1) is 43.5. The smallest absolute Gasteiger partial charge is 0.490 e. The number of alkyl halides is 3. The molecule has 31 nitrogen and oxygen atoms in total. The van der Waals surface area contributed by atoms with Crippen LogP contribution in [0.15, 0.2) is 78.2 Å². The number of aliphatic imine (C=N–C) groups is 1. The predicted octanol–water partition coefficient (Wildman–Crippen LogP) is -3.15. The maximum Gasteiger partial charge on any atom is 0.490 e. The van der Waals surface area contributed by atoms with E-state index in [4.69, 9.17) is 27.1 Å². The van der Waals surface area contributed by atoms with Crippen LogP contribution in [0.1, 0.15) is 75.5 Å². The zero-order valence-corrected chi connectivity index (χ0v) is 50.2. The van der Waals surface area contributed by atoms with E-state index in [1.807, 2.05) is 0 Å². The number of primary amides is 1. The van der Waals surface area contributed by atoms with Crippen LogP contribution in [-0.4, -0.2) is 194 Å². The Balaban J connectivity index is 0.00000207. The van der Waals surface area contributed by atoms with Crippen LogP contribution in [0.4, 0.5) is 13.2 Å². The molecule has 0 saturated carbocycles. The van der Waals surface area contributed by atoms with E-state index in [1.54, 1.807) is 62.8 Å². The van der Waals surface area contributed by atoms with E-state index in [0.717, 1.165) is 5.52 Å². The monoisotopic (exact) mass is 1290 g/mol. The summed E-state index contributed by atoms with van der Waals surface area (Å²) in [7, 11) is 0. The van der Waals surface area contributed by atoms with Crippen molar-refractivity contribution in [3.63, 3.8) is 0 Å². The second-order valence-electron chi connectivity index (χ2n) is 22.1. The molecule has 0 aliphatic carbocycles. The molecule has 2 aliphatic heterocycles. The number of H-pyrrole nitrogens is 2. The van der Waals surface area contributed by atoms with E-state index >= 15 is 0 Å². The van der Waals surface area contributed by atoms with E-state index in [0.29, 0.717) is 28.5 Å². The molecule has 8 atom stereocenters. The number of aromatic amines is 2. The van der Waals surface area contributed by atoms with Gasteiger partial charge in [0.25, 0.3) is 0 Å². The number of hydrogen-bond donors (Lipinski definition) is 17. The highest BCUT2D eigenvalue weighted by molar-refractivity contribution is 5.99. The summed E-state index contributed by atoms with van der Waals surface area (Å²) >= 11 is 0. The van der Waals surface area contributed by atoms with E-state index in [9.17, 15) is 76.1 Å². The summed E-state index contributed by atoms with van der Waals surface area (Å²) in [6, 6.07) is 4.21. The number of phenols is 1. The summed E-state index contributed by atoms with van der Waals surface area (Å²) in [6.07, 6.45) is 0.739. The number of likely N-dealkylation sites (tertiary alicyclic amines) is 1. The first kappa shape index (κ1) is 72.5. The van der Waals surface area contributed by atoms with Crippen molar-refractivity contribution in [3.05, 3.63) is 89.9 Å². The van der Waals surface area contributed by atoms with Crippen LogP contribution >= 0.6 is 0 Å². The maximum atomic E-state index is 14.5. The number of rotatable bonds is 31. The largest absolute Gasteiger partial charge is 0.508 e. The van der Waals surface area contributed by atoms with Crippen LogP contribution in [0.3, 0.4) is 0 Å². The highest BCUT2D eigenvalue weighted by atomic mass is 19.4. The summed E-state index contributed by atoms with van der Waals surface area (Å²) in [4.78, 5) is 169. The van der Waals surface area contributed by atoms with Gasteiger partial charge in [0.1, 0.15) is 54.1 Å². The molecular weight excluding hydrogens is 1220 g/mol. The Labute approximate surface area is 524 Å². The van der Waals surface area contributed by atoms with Crippen molar-refractivity contribution in [1.29, 1.82) is 0 Å². The Kier molecular flexibility index (Phi) is 27.3. The summed E-state index contributed by atoms with van der Waals surface area (Å²) in [5.41, 5.74) is 18.5. The normalized spacial score (nSPS) is 16.3. The number of aliphatic hydroxyl groups is 1. The van der Waals surface area contributed by atoms with Crippen molar-refractivity contribution >= 4 is 87.8 Å². The predicted molar refractivity (Wildman–Crippen MR) is 321 cm³/mol. The third kappa shape index (κ3) is 22.9. The second kappa shape index (κ2) is 34.6. The zero-order valence-electron chi connectivity index (χ0n) is 50.2. The molecule has 0 spiro atoms. The average molecular weight is 1300 g/mol. The Bertz CT molecular complexity index is 3280. The fraction of sp³-hybridized carbons (Fsp3) is 0.466. The Hall–Kier alpha value is -10.3. The molecule has 2 fully saturated rings. The number of carboxylic acids is 1. The molecule has 11 amide bonds. The lowest BCUT2D eigenvalue weighted by Crippen LogP contribution is -2.60. The van der Waals surface area contributed by atoms with Gasteiger partial charge in [-0.25, -0.2) is 4.79 Å². The van der Waals surface area contributed by atoms with Gasteiger partial charge in [0, 0.05) is 68.3 Å². The number of aliphatic carboxylic acids is 1. The Morgan fingerprint density at radius 1 is 0.707 bits per heavy atom. The Morgan fingerprint density at radius 2 is 1.32 bits per heavy atom. The molecule has 0 radical (unpaired) electrons. The molecule has 0 bridgehead atoms. The molecule has 6 rings (SSSR count). The minimum absolute atomic E-state index is 0.0174. The standard InChI is InChI=1S/C56H76N16O13.C2HF3O2/c1-30(2)21-39(50(80)67-38(9-5-18-61-56(58)59)55(85)72-20-6-10-44(72)54(84)63-27-45(57)75)66-47(77)28-64-48(78)40(22-31-11-13-34(74)14-12-31)68-53(83)43(29-73)71-52(82)42(24-33-26-62-36-8-4-3-7-35(33)36)70-51(81)41(23-32-17-19-60-25-32)69-49(79)37-15-16-46(76)65-37;3-2(4,5)1(6)7/h3-4,7-8,11-14,17,19,25-26,30,37-44,60,62,73-74H,5-6,9-10,15-16,18,20-24,27-29H2,1-2H3,(H2,57,75)(H,63,84)(H,64,78)(H,65,76)(H,66,77)(H,67,80)(H,68,83)(H,69,79)(H,70,81)(H,71,82)(H4,58,59,61);(H,6,7)/t37-,38-,39-,40-,41+,42-,43-,44-;/m0./s1. The minimum atomic E-state index is -5.08. The van der Waals surface area contributed by atoms with Gasteiger partial charge in [-0.1, -0.05) is 44.2 Å². The quantitative estimate of drug-likeness (QED) is 0.0134. The topological polar surface area (TPSA) is 499 Å². The molecule has 500 valence electrons. The number of fused-ring (bicyclic) bond motifs is 1. The molecule has 34 heteroatoms. The van der Waals surface area contributed by atoms with Crippen molar-refractivity contribution in [1.82, 2.24) is 62.7 Å². The number of amides is 11. The van der Waals surface area contributed by atoms with Crippen LogP contribution in [0.5, 0.6) is 5.75 Å². The van der Waals surface area contributed by atoms with Crippen LogP contribution in [0.2, 0.25) is 0 Å². The van der Waals surface area contributed by atoms with Crippen molar-refractivity contribution in [3.8, 4) is 5.75 Å². The zero-order chi connectivity index (χ0) is 67.8. The van der Waals surface area contributed by atoms with E-state index < -0.39 is 139 Å². The lowest BCUT2D eigenvalue weighted by Gasteiger charge is -2.30. The molecule has 92 heavy (non-hydrogen) atoms. The minimum Gasteiger partial charge on any atom is -0.508 e. The maximum absolute atomic E-state index is 14.5. The van der Waals surface area contributed by atoms with Gasteiger partial charge in [-0.3, -0.25) is 57.7 Å². The van der Waals surface area contributed by atoms with Crippen molar-refractivity contribution in [2.75, 3.05) is 32.8 Å². The average Bonchev–Trinajstić information content (AvgIpc) is 2.48. The van der Waals surface area contributed by atoms with E-state index in [2.05, 4.69) is 62.8 Å². The van der Waals surface area contributed by atoms with Crippen molar-refractivity contribution < 1.29 is 86.0 Å². The van der Waals surface area contributed by atoms with Crippen molar-refractivity contribution in [2.24, 2.45) is 28.1 Å². The molecule has 4 aromatic rings. The molecule has 0 unspecified atom stereocenters. The summed E-state index contributed by atoms with van der Waals surface area (Å²) < 4.78 is 31.7. The van der Waals surface area contributed by atoms with Crippen LogP contribution in [-0.2, 0) is 76.8 Å². The van der Waals surface area contributed by atoms with E-state index in [1.165, 1.54) is 29.2 Å². The number of para-hydroxylation sites is 1. The first-order valence-electron chi connectivity index (χ1n) is 29.2. The number of aromatic nitrogens is 2. The highest BCUT2D eigenvalue weighted by Gasteiger charge is 2.40. The molecule has 2 aromatic carbocycles. The third-order valence-electron chi connectivity index (χ3n) is 14.5. The van der Waals surface area contributed by atoms with E-state index in [-0.39, 0.29) is 94.4 Å². The van der Waals surface area contributed by atoms with Gasteiger partial charge in [0.05, 0.1) is 19.7 Å². The van der Waals surface area contributed by atoms with Crippen molar-refractivity contribution in [2.45, 2.75) is 133 Å². The third-order valence-corrected chi connectivity index (χ3v) is 14.5. The van der Waals surface area contributed by atoms with Gasteiger partial charge in [0.15, 0.2) is 5.96 Å². The van der Waals surface area contributed by atoms with Crippen LogP contribution in [0.25, 0.3) is 10.9 Å². The lowest BCUT2D eigenvalue weighted by molar-refractivity contribution is -0.192. The number of nitrogens with two attached hydrogens (primary N) is 3.